The lowest BCUT2D eigenvalue weighted by molar-refractivity contribution is -0.117. The van der Waals surface area contributed by atoms with Gasteiger partial charge in [0, 0.05) is 25.0 Å². The molecule has 1 saturated heterocycles. The highest BCUT2D eigenvalue weighted by Gasteiger charge is 2.41. The number of nitrogens with one attached hydrogen (secondary N) is 2. The summed E-state index contributed by atoms with van der Waals surface area (Å²) < 4.78 is 0. The number of anilines is 2. The van der Waals surface area contributed by atoms with Crippen LogP contribution in [-0.4, -0.2) is 35.4 Å². The van der Waals surface area contributed by atoms with Crippen LogP contribution in [0.1, 0.15) is 16.8 Å². The van der Waals surface area contributed by atoms with E-state index in [0.29, 0.717) is 18.5 Å². The lowest BCUT2D eigenvalue weighted by atomic mass is 10.1. The number of para-hydroxylation sites is 2. The molecule has 1 aromatic heterocycles. The molecule has 0 radical (unpaired) electrons. The lowest BCUT2D eigenvalue weighted by Gasteiger charge is -2.32. The molecule has 0 spiro atoms. The third kappa shape index (κ3) is 2.42. The van der Waals surface area contributed by atoms with Gasteiger partial charge in [-0.05, 0) is 30.7 Å². The Labute approximate surface area is 133 Å². The summed E-state index contributed by atoms with van der Waals surface area (Å²) in [5, 5.41) is 5.94. The summed E-state index contributed by atoms with van der Waals surface area (Å²) >= 11 is 0. The Morgan fingerprint density at radius 1 is 1.26 bits per heavy atom. The fourth-order valence-electron chi connectivity index (χ4n) is 3.27. The molecule has 2 N–H and O–H groups in total. The van der Waals surface area contributed by atoms with Crippen LogP contribution in [0.4, 0.5) is 11.4 Å². The van der Waals surface area contributed by atoms with Gasteiger partial charge in [0.1, 0.15) is 6.04 Å². The van der Waals surface area contributed by atoms with Crippen molar-refractivity contribution < 1.29 is 9.59 Å². The van der Waals surface area contributed by atoms with Gasteiger partial charge in [0.05, 0.1) is 16.9 Å². The second-order valence-electron chi connectivity index (χ2n) is 5.82. The zero-order valence-electron chi connectivity index (χ0n) is 12.4. The summed E-state index contributed by atoms with van der Waals surface area (Å²) in [7, 11) is 0. The number of fused-ring (bicyclic) bond motifs is 3. The van der Waals surface area contributed by atoms with Crippen LogP contribution in [0.15, 0.2) is 48.8 Å². The van der Waals surface area contributed by atoms with Crippen LogP contribution in [0.3, 0.4) is 0 Å². The summed E-state index contributed by atoms with van der Waals surface area (Å²) in [5.74, 6) is -0.168. The molecule has 3 heterocycles. The normalized spacial score (nSPS) is 22.1. The molecule has 116 valence electrons. The van der Waals surface area contributed by atoms with Gasteiger partial charge >= 0.3 is 0 Å². The van der Waals surface area contributed by atoms with Crippen LogP contribution in [0.2, 0.25) is 0 Å². The Bertz CT molecular complexity index is 762. The second kappa shape index (κ2) is 5.39. The van der Waals surface area contributed by atoms with Crippen LogP contribution in [0.25, 0.3) is 0 Å². The maximum Gasteiger partial charge on any atom is 0.253 e. The molecular formula is C17H16N4O2. The van der Waals surface area contributed by atoms with Gasteiger partial charge in [0.15, 0.2) is 0 Å². The lowest BCUT2D eigenvalue weighted by Crippen LogP contribution is -2.44. The molecule has 2 aromatic rings. The Morgan fingerprint density at radius 3 is 2.96 bits per heavy atom. The Morgan fingerprint density at radius 2 is 2.13 bits per heavy atom. The molecule has 0 bridgehead atoms. The van der Waals surface area contributed by atoms with E-state index in [-0.39, 0.29) is 23.9 Å². The van der Waals surface area contributed by atoms with Crippen molar-refractivity contribution in [2.45, 2.75) is 18.5 Å². The quantitative estimate of drug-likeness (QED) is 0.880. The monoisotopic (exact) mass is 308 g/mol. The number of carbonyl (C=O) groups excluding carboxylic acids is 2. The van der Waals surface area contributed by atoms with Crippen molar-refractivity contribution in [1.29, 1.82) is 0 Å². The number of hydrogen-bond acceptors (Lipinski definition) is 4. The number of aromatic nitrogens is 1. The van der Waals surface area contributed by atoms with Gasteiger partial charge in [0.2, 0.25) is 5.91 Å². The Hall–Kier alpha value is -2.89. The summed E-state index contributed by atoms with van der Waals surface area (Å²) in [5.41, 5.74) is 2.37. The van der Waals surface area contributed by atoms with Gasteiger partial charge in [-0.2, -0.15) is 0 Å². The molecule has 2 aliphatic rings. The molecular weight excluding hydrogens is 292 g/mol. The van der Waals surface area contributed by atoms with Crippen molar-refractivity contribution in [2.75, 3.05) is 16.8 Å². The first-order chi connectivity index (χ1) is 11.2. The Balaban J connectivity index is 1.53. The fourth-order valence-corrected chi connectivity index (χ4v) is 3.27. The number of nitrogens with zero attached hydrogens (tertiary/aromatic N) is 2. The number of amides is 2. The summed E-state index contributed by atoms with van der Waals surface area (Å²) in [6.45, 7) is 0.626. The molecule has 6 nitrogen and oxygen atoms in total. The van der Waals surface area contributed by atoms with E-state index in [1.54, 1.807) is 24.5 Å². The molecule has 4 rings (SSSR count). The summed E-state index contributed by atoms with van der Waals surface area (Å²) in [4.78, 5) is 30.6. The van der Waals surface area contributed by atoms with E-state index in [9.17, 15) is 9.59 Å². The van der Waals surface area contributed by atoms with E-state index >= 15 is 0 Å². The third-order valence-electron chi connectivity index (χ3n) is 4.33. The van der Waals surface area contributed by atoms with Crippen molar-refractivity contribution in [1.82, 2.24) is 10.3 Å². The van der Waals surface area contributed by atoms with Gasteiger partial charge in [-0.15, -0.1) is 0 Å². The highest BCUT2D eigenvalue weighted by Crippen LogP contribution is 2.36. The van der Waals surface area contributed by atoms with E-state index in [0.717, 1.165) is 11.4 Å². The average Bonchev–Trinajstić information content (AvgIpc) is 3.00. The minimum Gasteiger partial charge on any atom is -0.356 e. The standard InChI is InChI=1S/C17H16N4O2/c22-16(11-4-3-7-18-9-11)19-12-8-15-17(23)20-13-5-1-2-6-14(13)21(15)10-12/h1-7,9,12,15H,8,10H2,(H,19,22)(H,20,23). The van der Waals surface area contributed by atoms with E-state index in [2.05, 4.69) is 20.5 Å². The molecule has 0 aliphatic carbocycles. The van der Waals surface area contributed by atoms with E-state index in [4.69, 9.17) is 0 Å². The van der Waals surface area contributed by atoms with Crippen molar-refractivity contribution >= 4 is 23.2 Å². The van der Waals surface area contributed by atoms with Gasteiger partial charge in [-0.1, -0.05) is 12.1 Å². The zero-order valence-corrected chi connectivity index (χ0v) is 12.4. The number of rotatable bonds is 2. The first-order valence-corrected chi connectivity index (χ1v) is 7.60. The van der Waals surface area contributed by atoms with Crippen LogP contribution < -0.4 is 15.5 Å². The van der Waals surface area contributed by atoms with E-state index in [1.165, 1.54) is 0 Å². The average molecular weight is 308 g/mol. The molecule has 2 unspecified atom stereocenters. The van der Waals surface area contributed by atoms with Crippen molar-refractivity contribution in [2.24, 2.45) is 0 Å². The molecule has 2 aliphatic heterocycles. The number of hydrogen-bond donors (Lipinski definition) is 2. The SMILES string of the molecule is O=C(NC1CC2C(=O)Nc3ccccc3N2C1)c1cccnc1. The summed E-state index contributed by atoms with van der Waals surface area (Å²) in [6, 6.07) is 10.9. The number of carbonyl (C=O) groups is 2. The highest BCUT2D eigenvalue weighted by atomic mass is 16.2. The second-order valence-corrected chi connectivity index (χ2v) is 5.82. The molecule has 2 amide bonds. The predicted molar refractivity (Wildman–Crippen MR) is 86.3 cm³/mol. The van der Waals surface area contributed by atoms with Gasteiger partial charge in [-0.3, -0.25) is 14.6 Å². The van der Waals surface area contributed by atoms with Crippen LogP contribution in [0, 0.1) is 0 Å². The fraction of sp³-hybridized carbons (Fsp3) is 0.235. The summed E-state index contributed by atoms with van der Waals surface area (Å²) in [6.07, 6.45) is 3.78. The number of benzene rings is 1. The zero-order chi connectivity index (χ0) is 15.8. The largest absolute Gasteiger partial charge is 0.356 e. The molecule has 23 heavy (non-hydrogen) atoms. The van der Waals surface area contributed by atoms with E-state index in [1.807, 2.05) is 24.3 Å². The first-order valence-electron chi connectivity index (χ1n) is 7.60. The van der Waals surface area contributed by atoms with Crippen molar-refractivity contribution in [3.8, 4) is 0 Å². The molecule has 1 fully saturated rings. The molecule has 0 saturated carbocycles. The predicted octanol–water partition coefficient (Wildman–Crippen LogP) is 1.41. The minimum atomic E-state index is -0.232. The maximum atomic E-state index is 12.3. The minimum absolute atomic E-state index is 0.0122. The van der Waals surface area contributed by atoms with Gasteiger partial charge in [-0.25, -0.2) is 0 Å². The van der Waals surface area contributed by atoms with E-state index < -0.39 is 0 Å². The van der Waals surface area contributed by atoms with Crippen molar-refractivity contribution in [3.63, 3.8) is 0 Å². The molecule has 2 atom stereocenters. The topological polar surface area (TPSA) is 74.3 Å². The molecule has 1 aromatic carbocycles. The van der Waals surface area contributed by atoms with Gasteiger partial charge in [0.25, 0.3) is 5.91 Å². The van der Waals surface area contributed by atoms with Gasteiger partial charge < -0.3 is 15.5 Å². The van der Waals surface area contributed by atoms with Crippen molar-refractivity contribution in [3.05, 3.63) is 54.4 Å². The molecule has 6 heteroatoms. The van der Waals surface area contributed by atoms with Crippen LogP contribution >= 0.6 is 0 Å². The van der Waals surface area contributed by atoms with Crippen LogP contribution in [-0.2, 0) is 4.79 Å². The first kappa shape index (κ1) is 13.8. The van der Waals surface area contributed by atoms with Crippen LogP contribution in [0.5, 0.6) is 0 Å². The smallest absolute Gasteiger partial charge is 0.253 e. The maximum absolute atomic E-state index is 12.3. The number of pyridine rings is 1. The Kier molecular flexibility index (Phi) is 3.22. The third-order valence-corrected chi connectivity index (χ3v) is 4.33. The highest BCUT2D eigenvalue weighted by molar-refractivity contribution is 6.04.